The number of carbonyl (C=O) groups excluding carboxylic acids is 1. The minimum atomic E-state index is -3.68. The molecular weight excluding hydrogens is 302 g/mol. The monoisotopic (exact) mass is 312 g/mol. The third-order valence-corrected chi connectivity index (χ3v) is 3.02. The summed E-state index contributed by atoms with van der Waals surface area (Å²) in [7, 11) is 0. The first-order valence-corrected chi connectivity index (χ1v) is 6.37. The first kappa shape index (κ1) is 15.2. The molecule has 0 atom stereocenters. The van der Waals surface area contributed by atoms with Gasteiger partial charge in [0.25, 0.3) is 5.91 Å². The van der Waals surface area contributed by atoms with E-state index in [1.807, 2.05) is 0 Å². The average molecular weight is 313 g/mol. The lowest BCUT2D eigenvalue weighted by Crippen LogP contribution is -2.38. The van der Waals surface area contributed by atoms with Gasteiger partial charge >= 0.3 is 5.92 Å². The van der Waals surface area contributed by atoms with Gasteiger partial charge in [-0.2, -0.15) is 8.78 Å². The maximum Gasteiger partial charge on any atom is 0.349 e. The standard InChI is InChI=1S/C14H11ClF2N2O2/c15-10-3-1-9(2-4-10)14(16,17)13(21)19-8-11-7-12(20)5-6-18-11/h1-7H,8H2,(H,18,20)(H,19,21). The molecule has 0 aliphatic heterocycles. The van der Waals surface area contributed by atoms with Gasteiger partial charge in [0.15, 0.2) is 5.43 Å². The number of halogens is 3. The second kappa shape index (κ2) is 6.05. The van der Waals surface area contributed by atoms with Gasteiger partial charge in [-0.05, 0) is 12.1 Å². The Kier molecular flexibility index (Phi) is 4.37. The normalized spacial score (nSPS) is 11.2. The molecule has 1 heterocycles. The molecule has 0 bridgehead atoms. The number of aromatic nitrogens is 1. The molecule has 1 amide bonds. The molecule has 2 N–H and O–H groups in total. The van der Waals surface area contributed by atoms with Crippen LogP contribution >= 0.6 is 11.6 Å². The van der Waals surface area contributed by atoms with Crippen LogP contribution in [0.2, 0.25) is 5.02 Å². The first-order valence-electron chi connectivity index (χ1n) is 5.99. The molecule has 0 fully saturated rings. The van der Waals surface area contributed by atoms with Crippen molar-refractivity contribution in [2.45, 2.75) is 12.5 Å². The highest BCUT2D eigenvalue weighted by atomic mass is 35.5. The van der Waals surface area contributed by atoms with Crippen LogP contribution < -0.4 is 10.7 Å². The number of benzene rings is 1. The molecule has 2 rings (SSSR count). The Labute approximate surface area is 123 Å². The van der Waals surface area contributed by atoms with E-state index in [-0.39, 0.29) is 12.0 Å². The van der Waals surface area contributed by atoms with Crippen LogP contribution in [0.3, 0.4) is 0 Å². The lowest BCUT2D eigenvalue weighted by molar-refractivity contribution is -0.147. The van der Waals surface area contributed by atoms with Crippen molar-refractivity contribution in [3.63, 3.8) is 0 Å². The molecule has 0 saturated carbocycles. The van der Waals surface area contributed by atoms with E-state index in [4.69, 9.17) is 11.6 Å². The summed E-state index contributed by atoms with van der Waals surface area (Å²) in [4.78, 5) is 25.4. The Hall–Kier alpha value is -2.21. The zero-order valence-electron chi connectivity index (χ0n) is 10.7. The molecule has 0 unspecified atom stereocenters. The minimum absolute atomic E-state index is 0.196. The van der Waals surface area contributed by atoms with E-state index in [9.17, 15) is 18.4 Å². The van der Waals surface area contributed by atoms with E-state index in [1.54, 1.807) is 0 Å². The van der Waals surface area contributed by atoms with Gasteiger partial charge in [-0.25, -0.2) is 0 Å². The topological polar surface area (TPSA) is 62.0 Å². The Morgan fingerprint density at radius 3 is 2.52 bits per heavy atom. The van der Waals surface area contributed by atoms with Crippen molar-refractivity contribution < 1.29 is 13.6 Å². The van der Waals surface area contributed by atoms with E-state index < -0.39 is 17.4 Å². The molecule has 1 aromatic carbocycles. The predicted molar refractivity (Wildman–Crippen MR) is 74.3 cm³/mol. The van der Waals surface area contributed by atoms with E-state index >= 15 is 0 Å². The van der Waals surface area contributed by atoms with Crippen LogP contribution in [0.25, 0.3) is 0 Å². The number of carbonyl (C=O) groups is 1. The molecular formula is C14H11ClF2N2O2. The SMILES string of the molecule is O=C(NCc1cc(=O)cc[nH]1)C(F)(F)c1ccc(Cl)cc1. The molecule has 0 saturated heterocycles. The number of nitrogens with one attached hydrogen (secondary N) is 2. The fourth-order valence-electron chi connectivity index (χ4n) is 1.67. The number of hydrogen-bond acceptors (Lipinski definition) is 2. The zero-order valence-corrected chi connectivity index (χ0v) is 11.5. The van der Waals surface area contributed by atoms with Crippen LogP contribution in [0.15, 0.2) is 47.4 Å². The van der Waals surface area contributed by atoms with E-state index in [1.165, 1.54) is 30.5 Å². The Morgan fingerprint density at radius 2 is 1.90 bits per heavy atom. The van der Waals surface area contributed by atoms with Gasteiger partial charge < -0.3 is 10.3 Å². The van der Waals surface area contributed by atoms with Crippen LogP contribution in [0.1, 0.15) is 11.3 Å². The van der Waals surface area contributed by atoms with E-state index in [2.05, 4.69) is 10.3 Å². The van der Waals surface area contributed by atoms with Gasteiger partial charge in [0.2, 0.25) is 0 Å². The fraction of sp³-hybridized carbons (Fsp3) is 0.143. The number of alkyl halides is 2. The van der Waals surface area contributed by atoms with Crippen molar-refractivity contribution in [1.29, 1.82) is 0 Å². The van der Waals surface area contributed by atoms with E-state index in [0.29, 0.717) is 10.7 Å². The number of pyridine rings is 1. The van der Waals surface area contributed by atoms with Crippen molar-refractivity contribution in [2.24, 2.45) is 0 Å². The lowest BCUT2D eigenvalue weighted by Gasteiger charge is -2.16. The van der Waals surface area contributed by atoms with Gasteiger partial charge in [-0.3, -0.25) is 9.59 Å². The second-order valence-corrected chi connectivity index (χ2v) is 4.75. The maximum atomic E-state index is 13.9. The van der Waals surface area contributed by atoms with Crippen molar-refractivity contribution >= 4 is 17.5 Å². The predicted octanol–water partition coefficient (Wildman–Crippen LogP) is 2.44. The summed E-state index contributed by atoms with van der Waals surface area (Å²) in [5, 5.41) is 2.39. The van der Waals surface area contributed by atoms with Crippen LogP contribution in [0, 0.1) is 0 Å². The van der Waals surface area contributed by atoms with Gasteiger partial charge in [-0.1, -0.05) is 23.7 Å². The van der Waals surface area contributed by atoms with Crippen molar-refractivity contribution in [2.75, 3.05) is 0 Å². The molecule has 7 heteroatoms. The third-order valence-electron chi connectivity index (χ3n) is 2.76. The summed E-state index contributed by atoms with van der Waals surface area (Å²) in [5.41, 5.74) is -0.392. The summed E-state index contributed by atoms with van der Waals surface area (Å²) in [6, 6.07) is 7.26. The van der Waals surface area contributed by atoms with Crippen molar-refractivity contribution in [1.82, 2.24) is 10.3 Å². The molecule has 21 heavy (non-hydrogen) atoms. The van der Waals surface area contributed by atoms with Crippen molar-refractivity contribution in [3.05, 3.63) is 69.1 Å². The number of aromatic amines is 1. The number of amides is 1. The van der Waals surface area contributed by atoms with Crippen LogP contribution in [0.5, 0.6) is 0 Å². The molecule has 0 aliphatic rings. The molecule has 110 valence electrons. The highest BCUT2D eigenvalue weighted by molar-refractivity contribution is 6.30. The van der Waals surface area contributed by atoms with Crippen molar-refractivity contribution in [3.8, 4) is 0 Å². The summed E-state index contributed by atoms with van der Waals surface area (Å²) < 4.78 is 27.9. The van der Waals surface area contributed by atoms with Crippen LogP contribution in [-0.2, 0) is 17.3 Å². The Balaban J connectivity index is 2.08. The van der Waals surface area contributed by atoms with Gasteiger partial charge in [0.1, 0.15) is 0 Å². The molecule has 0 radical (unpaired) electrons. The third kappa shape index (κ3) is 3.66. The van der Waals surface area contributed by atoms with Crippen LogP contribution in [0.4, 0.5) is 8.78 Å². The maximum absolute atomic E-state index is 13.9. The molecule has 1 aromatic heterocycles. The summed E-state index contributed by atoms with van der Waals surface area (Å²) in [5.74, 6) is -5.13. The molecule has 0 aliphatic carbocycles. The summed E-state index contributed by atoms with van der Waals surface area (Å²) in [6.45, 7) is -0.196. The average Bonchev–Trinajstić information content (AvgIpc) is 2.45. The van der Waals surface area contributed by atoms with Gasteiger partial charge in [0, 0.05) is 34.6 Å². The van der Waals surface area contributed by atoms with E-state index in [0.717, 1.165) is 12.1 Å². The fourth-order valence-corrected chi connectivity index (χ4v) is 1.80. The smallest absolute Gasteiger partial charge is 0.349 e. The minimum Gasteiger partial charge on any atom is -0.363 e. The summed E-state index contributed by atoms with van der Waals surface area (Å²) in [6.07, 6.45) is 1.38. The Bertz CT molecular complexity index is 699. The highest BCUT2D eigenvalue weighted by Gasteiger charge is 2.40. The quantitative estimate of drug-likeness (QED) is 0.911. The molecule has 4 nitrogen and oxygen atoms in total. The summed E-state index contributed by atoms with van der Waals surface area (Å²) >= 11 is 5.62. The largest absolute Gasteiger partial charge is 0.363 e. The first-order chi connectivity index (χ1) is 9.89. The lowest BCUT2D eigenvalue weighted by atomic mass is 10.1. The Morgan fingerprint density at radius 1 is 1.24 bits per heavy atom. The number of rotatable bonds is 4. The zero-order chi connectivity index (χ0) is 15.5. The van der Waals surface area contributed by atoms with Crippen LogP contribution in [-0.4, -0.2) is 10.9 Å². The second-order valence-electron chi connectivity index (χ2n) is 4.31. The van der Waals surface area contributed by atoms with Gasteiger partial charge in [-0.15, -0.1) is 0 Å². The number of hydrogen-bond donors (Lipinski definition) is 2. The van der Waals surface area contributed by atoms with Gasteiger partial charge in [0.05, 0.1) is 6.54 Å². The molecule has 2 aromatic rings. The molecule has 0 spiro atoms. The highest BCUT2D eigenvalue weighted by Crippen LogP contribution is 2.29. The number of H-pyrrole nitrogens is 1.